The Morgan fingerprint density at radius 3 is 2.83 bits per heavy atom. The highest BCUT2D eigenvalue weighted by Gasteiger charge is 1.97. The molecule has 1 unspecified atom stereocenters. The molecule has 0 aliphatic rings. The molecule has 0 aromatic heterocycles. The Morgan fingerprint density at radius 2 is 2.33 bits per heavy atom. The lowest BCUT2D eigenvalue weighted by Gasteiger charge is -2.05. The van der Waals surface area contributed by atoms with Gasteiger partial charge in [-0.25, -0.2) is 0 Å². The van der Waals surface area contributed by atoms with E-state index in [4.69, 9.17) is 5.73 Å². The van der Waals surface area contributed by atoms with Crippen LogP contribution in [0, 0.1) is 0 Å². The zero-order chi connectivity index (χ0) is 9.40. The molecule has 0 aromatic rings. The zero-order valence-electron chi connectivity index (χ0n) is 8.13. The first-order valence-electron chi connectivity index (χ1n) is 4.27. The zero-order valence-corrected chi connectivity index (χ0v) is 8.95. The molecular weight excluding hydrogens is 170 g/mol. The van der Waals surface area contributed by atoms with Crippen molar-refractivity contribution in [1.29, 1.82) is 0 Å². The van der Waals surface area contributed by atoms with Crippen LogP contribution in [0.5, 0.6) is 0 Å². The largest absolute Gasteiger partial charge is 0.370 e. The lowest BCUT2D eigenvalue weighted by molar-refractivity contribution is 0.814. The molecule has 12 heavy (non-hydrogen) atoms. The van der Waals surface area contributed by atoms with Gasteiger partial charge in [-0.3, -0.25) is 4.99 Å². The maximum atomic E-state index is 5.54. The molecular formula is C8H19N3S. The van der Waals surface area contributed by atoms with Gasteiger partial charge in [0.1, 0.15) is 0 Å². The molecule has 3 nitrogen and oxygen atoms in total. The second kappa shape index (κ2) is 7.28. The topological polar surface area (TPSA) is 50.4 Å². The summed E-state index contributed by atoms with van der Waals surface area (Å²) >= 11 is 1.86. The van der Waals surface area contributed by atoms with Crippen molar-refractivity contribution >= 4 is 17.7 Å². The van der Waals surface area contributed by atoms with Crippen LogP contribution in [0.3, 0.4) is 0 Å². The van der Waals surface area contributed by atoms with Gasteiger partial charge in [-0.2, -0.15) is 11.8 Å². The number of thioether (sulfide) groups is 1. The SMILES string of the molecule is CCNC(N)=NCCC(C)SC. The summed E-state index contributed by atoms with van der Waals surface area (Å²) in [7, 11) is 0. The summed E-state index contributed by atoms with van der Waals surface area (Å²) in [5, 5.41) is 3.63. The summed E-state index contributed by atoms with van der Waals surface area (Å²) in [6.45, 7) is 5.87. The third-order valence-electron chi connectivity index (χ3n) is 1.58. The van der Waals surface area contributed by atoms with E-state index in [-0.39, 0.29) is 0 Å². The summed E-state index contributed by atoms with van der Waals surface area (Å²) in [5.41, 5.74) is 5.54. The molecule has 0 saturated heterocycles. The molecule has 0 aliphatic heterocycles. The molecule has 0 radical (unpaired) electrons. The Labute approximate surface area is 79.2 Å². The van der Waals surface area contributed by atoms with Crippen LogP contribution in [0.25, 0.3) is 0 Å². The molecule has 0 bridgehead atoms. The van der Waals surface area contributed by atoms with Gasteiger partial charge >= 0.3 is 0 Å². The molecule has 0 aromatic carbocycles. The van der Waals surface area contributed by atoms with E-state index in [0.717, 1.165) is 19.5 Å². The Hall–Kier alpha value is -0.380. The second-order valence-corrected chi connectivity index (χ2v) is 3.91. The van der Waals surface area contributed by atoms with Crippen LogP contribution in [0.4, 0.5) is 0 Å². The Bertz CT molecular complexity index is 136. The Balaban J connectivity index is 3.45. The van der Waals surface area contributed by atoms with Gasteiger partial charge in [0.15, 0.2) is 5.96 Å². The quantitative estimate of drug-likeness (QED) is 0.502. The third kappa shape index (κ3) is 6.34. The number of rotatable bonds is 5. The van der Waals surface area contributed by atoms with Crippen LogP contribution in [0.2, 0.25) is 0 Å². The summed E-state index contributed by atoms with van der Waals surface area (Å²) in [4.78, 5) is 4.17. The molecule has 0 saturated carbocycles. The highest BCUT2D eigenvalue weighted by Crippen LogP contribution is 2.08. The fraction of sp³-hybridized carbons (Fsp3) is 0.875. The minimum atomic E-state index is 0.561. The average Bonchev–Trinajstić information content (AvgIpc) is 2.04. The van der Waals surface area contributed by atoms with Crippen molar-refractivity contribution in [1.82, 2.24) is 5.32 Å². The lowest BCUT2D eigenvalue weighted by atomic mass is 10.3. The first kappa shape index (κ1) is 11.6. The van der Waals surface area contributed by atoms with Gasteiger partial charge in [-0.1, -0.05) is 6.92 Å². The van der Waals surface area contributed by atoms with E-state index < -0.39 is 0 Å². The van der Waals surface area contributed by atoms with Crippen LogP contribution >= 0.6 is 11.8 Å². The Morgan fingerprint density at radius 1 is 1.67 bits per heavy atom. The minimum absolute atomic E-state index is 0.561. The van der Waals surface area contributed by atoms with Crippen molar-refractivity contribution in [3.05, 3.63) is 0 Å². The van der Waals surface area contributed by atoms with Crippen LogP contribution in [0.15, 0.2) is 4.99 Å². The predicted molar refractivity (Wildman–Crippen MR) is 57.8 cm³/mol. The maximum absolute atomic E-state index is 5.54. The van der Waals surface area contributed by atoms with Gasteiger partial charge in [-0.15, -0.1) is 0 Å². The predicted octanol–water partition coefficient (Wildman–Crippen LogP) is 1.05. The van der Waals surface area contributed by atoms with Crippen molar-refractivity contribution in [2.45, 2.75) is 25.5 Å². The first-order valence-corrected chi connectivity index (χ1v) is 5.56. The molecule has 0 heterocycles. The van der Waals surface area contributed by atoms with Gasteiger partial charge in [0.2, 0.25) is 0 Å². The smallest absolute Gasteiger partial charge is 0.188 e. The second-order valence-electron chi connectivity index (χ2n) is 2.63. The van der Waals surface area contributed by atoms with Crippen LogP contribution in [-0.4, -0.2) is 30.6 Å². The van der Waals surface area contributed by atoms with Crippen molar-refractivity contribution < 1.29 is 0 Å². The number of nitrogens with one attached hydrogen (secondary N) is 1. The summed E-state index contributed by atoms with van der Waals surface area (Å²) in [6.07, 6.45) is 3.20. The fourth-order valence-corrected chi connectivity index (χ4v) is 1.06. The van der Waals surface area contributed by atoms with Crippen LogP contribution in [-0.2, 0) is 0 Å². The van der Waals surface area contributed by atoms with Gasteiger partial charge in [0, 0.05) is 18.3 Å². The fourth-order valence-electron chi connectivity index (χ4n) is 0.722. The van der Waals surface area contributed by atoms with Crippen molar-refractivity contribution in [2.24, 2.45) is 10.7 Å². The standard InChI is InChI=1S/C8H19N3S/c1-4-10-8(9)11-6-5-7(2)12-3/h7H,4-6H2,1-3H3,(H3,9,10,11). The van der Waals surface area contributed by atoms with Crippen molar-refractivity contribution in [3.8, 4) is 0 Å². The van der Waals surface area contributed by atoms with E-state index in [1.54, 1.807) is 0 Å². The van der Waals surface area contributed by atoms with E-state index >= 15 is 0 Å². The average molecular weight is 189 g/mol. The van der Waals surface area contributed by atoms with E-state index in [1.165, 1.54) is 0 Å². The molecule has 0 rings (SSSR count). The van der Waals surface area contributed by atoms with Crippen molar-refractivity contribution in [3.63, 3.8) is 0 Å². The van der Waals surface area contributed by atoms with E-state index in [9.17, 15) is 0 Å². The maximum Gasteiger partial charge on any atom is 0.188 e. The lowest BCUT2D eigenvalue weighted by Crippen LogP contribution is -2.31. The number of hydrogen-bond donors (Lipinski definition) is 2. The molecule has 0 amide bonds. The highest BCUT2D eigenvalue weighted by atomic mass is 32.2. The molecule has 0 spiro atoms. The van der Waals surface area contributed by atoms with Crippen LogP contribution in [0.1, 0.15) is 20.3 Å². The number of nitrogens with zero attached hydrogens (tertiary/aromatic N) is 1. The molecule has 0 fully saturated rings. The number of nitrogens with two attached hydrogens (primary N) is 1. The van der Waals surface area contributed by atoms with Gasteiger partial charge in [0.05, 0.1) is 0 Å². The number of guanidine groups is 1. The first-order chi connectivity index (χ1) is 5.70. The Kier molecular flexibility index (Phi) is 7.05. The monoisotopic (exact) mass is 189 g/mol. The molecule has 3 N–H and O–H groups in total. The summed E-state index contributed by atoms with van der Waals surface area (Å²) in [5.74, 6) is 0.561. The highest BCUT2D eigenvalue weighted by molar-refractivity contribution is 7.99. The normalized spacial score (nSPS) is 14.4. The summed E-state index contributed by atoms with van der Waals surface area (Å²) in [6, 6.07) is 0. The molecule has 1 atom stereocenters. The van der Waals surface area contributed by atoms with Gasteiger partial charge in [-0.05, 0) is 19.6 Å². The molecule has 4 heteroatoms. The third-order valence-corrected chi connectivity index (χ3v) is 2.62. The van der Waals surface area contributed by atoms with E-state index in [2.05, 4.69) is 23.5 Å². The molecule has 0 aliphatic carbocycles. The van der Waals surface area contributed by atoms with Gasteiger partial charge < -0.3 is 11.1 Å². The number of aliphatic imine (C=N–C) groups is 1. The van der Waals surface area contributed by atoms with E-state index in [1.807, 2.05) is 18.7 Å². The van der Waals surface area contributed by atoms with Crippen molar-refractivity contribution in [2.75, 3.05) is 19.3 Å². The van der Waals surface area contributed by atoms with Gasteiger partial charge in [0.25, 0.3) is 0 Å². The van der Waals surface area contributed by atoms with E-state index in [0.29, 0.717) is 11.2 Å². The number of hydrogen-bond acceptors (Lipinski definition) is 2. The van der Waals surface area contributed by atoms with Crippen LogP contribution < -0.4 is 11.1 Å². The minimum Gasteiger partial charge on any atom is -0.370 e. The molecule has 72 valence electrons. The summed E-state index contributed by atoms with van der Waals surface area (Å²) < 4.78 is 0.